The van der Waals surface area contributed by atoms with Crippen LogP contribution in [-0.2, 0) is 19.2 Å². The van der Waals surface area contributed by atoms with Gasteiger partial charge in [0.1, 0.15) is 6.04 Å². The van der Waals surface area contributed by atoms with Gasteiger partial charge in [0.25, 0.3) is 0 Å². The van der Waals surface area contributed by atoms with Crippen LogP contribution in [0, 0.1) is 0 Å². The van der Waals surface area contributed by atoms with Gasteiger partial charge < -0.3 is 5.32 Å². The van der Waals surface area contributed by atoms with E-state index >= 15 is 0 Å². The number of carbonyl (C=O) groups is 4. The van der Waals surface area contributed by atoms with Crippen molar-refractivity contribution in [1.82, 2.24) is 5.32 Å². The zero-order chi connectivity index (χ0) is 13.4. The number of amides is 1. The van der Waals surface area contributed by atoms with E-state index in [2.05, 4.69) is 5.32 Å². The molecule has 0 spiro atoms. The molecule has 0 aromatic heterocycles. The molecule has 0 saturated heterocycles. The van der Waals surface area contributed by atoms with E-state index in [1.807, 2.05) is 0 Å². The summed E-state index contributed by atoms with van der Waals surface area (Å²) in [6, 6.07) is -0.989. The first-order chi connectivity index (χ1) is 7.82. The minimum absolute atomic E-state index is 0.0191. The highest BCUT2D eigenvalue weighted by Gasteiger charge is 2.19. The van der Waals surface area contributed by atoms with Gasteiger partial charge in [-0.2, -0.15) is 0 Å². The molecule has 0 fully saturated rings. The molecule has 1 atom stereocenters. The highest BCUT2D eigenvalue weighted by atomic mass is 35.5. The highest BCUT2D eigenvalue weighted by molar-refractivity contribution is 6.65. The summed E-state index contributed by atoms with van der Waals surface area (Å²) in [5, 5.41) is 0.212. The quantitative estimate of drug-likeness (QED) is 0.686. The van der Waals surface area contributed by atoms with Gasteiger partial charge in [-0.1, -0.05) is 0 Å². The molecule has 1 amide bonds. The van der Waals surface area contributed by atoms with Gasteiger partial charge in [0.05, 0.1) is 0 Å². The summed E-state index contributed by atoms with van der Waals surface area (Å²) in [4.78, 5) is 43.1. The minimum atomic E-state index is -0.989. The molecule has 0 bridgehead atoms. The van der Waals surface area contributed by atoms with Crippen molar-refractivity contribution in [3.63, 3.8) is 0 Å². The van der Waals surface area contributed by atoms with E-state index in [1.165, 1.54) is 0 Å². The predicted octanol–water partition coefficient (Wildman–Crippen LogP) is 1.33. The number of hydrogen-bond acceptors (Lipinski definition) is 4. The Hall–Kier alpha value is -0.650. The predicted molar refractivity (Wildman–Crippen MR) is 63.0 cm³/mol. The summed E-state index contributed by atoms with van der Waals surface area (Å²) < 4.78 is 0. The summed E-state index contributed by atoms with van der Waals surface area (Å²) in [7, 11) is 0. The van der Waals surface area contributed by atoms with Crippen molar-refractivity contribution in [3.8, 4) is 0 Å². The molecular weight excluding hydrogens is 292 g/mol. The average Bonchev–Trinajstić information content (AvgIpc) is 2.20. The van der Waals surface area contributed by atoms with Gasteiger partial charge in [0.2, 0.25) is 21.6 Å². The number of halogens is 3. The van der Waals surface area contributed by atoms with Crippen molar-refractivity contribution in [2.75, 3.05) is 0 Å². The van der Waals surface area contributed by atoms with Crippen LogP contribution in [0.5, 0.6) is 0 Å². The number of nitrogens with one attached hydrogen (secondary N) is 1. The maximum absolute atomic E-state index is 11.3. The third kappa shape index (κ3) is 9.09. The first kappa shape index (κ1) is 16.4. The van der Waals surface area contributed by atoms with Gasteiger partial charge in [-0.25, -0.2) is 0 Å². The van der Waals surface area contributed by atoms with E-state index in [9.17, 15) is 19.2 Å². The van der Waals surface area contributed by atoms with Crippen molar-refractivity contribution in [1.29, 1.82) is 0 Å². The lowest BCUT2D eigenvalue weighted by molar-refractivity contribution is -0.126. The molecule has 17 heavy (non-hydrogen) atoms. The molecule has 5 nitrogen and oxygen atoms in total. The highest BCUT2D eigenvalue weighted by Crippen LogP contribution is 2.05. The third-order valence-electron chi connectivity index (χ3n) is 1.79. The molecule has 0 heterocycles. The zero-order valence-electron chi connectivity index (χ0n) is 8.67. The number of carbonyl (C=O) groups excluding carboxylic acids is 4. The van der Waals surface area contributed by atoms with Gasteiger partial charge in [-0.15, -0.1) is 0 Å². The van der Waals surface area contributed by atoms with E-state index in [0.29, 0.717) is 0 Å². The molecule has 8 heteroatoms. The summed E-state index contributed by atoms with van der Waals surface area (Å²) in [5.41, 5.74) is 0. The van der Waals surface area contributed by atoms with E-state index in [-0.39, 0.29) is 25.7 Å². The summed E-state index contributed by atoms with van der Waals surface area (Å²) in [5.74, 6) is -0.542. The Labute approximate surface area is 113 Å². The Bertz CT molecular complexity index is 332. The van der Waals surface area contributed by atoms with Crippen LogP contribution in [0.4, 0.5) is 0 Å². The first-order valence-electron chi connectivity index (χ1n) is 4.68. The van der Waals surface area contributed by atoms with Crippen LogP contribution < -0.4 is 5.32 Å². The molecule has 0 rings (SSSR count). The Kier molecular flexibility index (Phi) is 8.12. The molecule has 0 aliphatic heterocycles. The van der Waals surface area contributed by atoms with Gasteiger partial charge in [0.15, 0.2) is 0 Å². The Balaban J connectivity index is 4.15. The van der Waals surface area contributed by atoms with Crippen LogP contribution in [0.2, 0.25) is 0 Å². The second-order valence-corrected chi connectivity index (χ2v) is 4.39. The van der Waals surface area contributed by atoms with E-state index in [4.69, 9.17) is 34.8 Å². The maximum atomic E-state index is 11.3. The van der Waals surface area contributed by atoms with Crippen molar-refractivity contribution in [2.24, 2.45) is 0 Å². The van der Waals surface area contributed by atoms with Crippen LogP contribution in [-0.4, -0.2) is 27.7 Å². The van der Waals surface area contributed by atoms with Crippen LogP contribution in [0.15, 0.2) is 0 Å². The molecule has 0 saturated carbocycles. The lowest BCUT2D eigenvalue weighted by Crippen LogP contribution is -2.39. The minimum Gasteiger partial charge on any atom is -0.345 e. The largest absolute Gasteiger partial charge is 0.345 e. The van der Waals surface area contributed by atoms with E-state index in [0.717, 1.165) is 0 Å². The van der Waals surface area contributed by atoms with Crippen molar-refractivity contribution >= 4 is 56.4 Å². The summed E-state index contributed by atoms with van der Waals surface area (Å²) in [6.45, 7) is 0. The van der Waals surface area contributed by atoms with Crippen LogP contribution in [0.1, 0.15) is 25.7 Å². The lowest BCUT2D eigenvalue weighted by atomic mass is 10.1. The van der Waals surface area contributed by atoms with Crippen molar-refractivity contribution in [3.05, 3.63) is 0 Å². The Morgan fingerprint density at radius 2 is 1.41 bits per heavy atom. The maximum Gasteiger partial charge on any atom is 0.244 e. The van der Waals surface area contributed by atoms with E-state index in [1.54, 1.807) is 0 Å². The van der Waals surface area contributed by atoms with Gasteiger partial charge in [-0.3, -0.25) is 19.2 Å². The smallest absolute Gasteiger partial charge is 0.244 e. The summed E-state index contributed by atoms with van der Waals surface area (Å²) in [6.07, 6.45) is -0.340. The monoisotopic (exact) mass is 301 g/mol. The molecule has 0 unspecified atom stereocenters. The van der Waals surface area contributed by atoms with Crippen LogP contribution in [0.25, 0.3) is 0 Å². The molecule has 0 aliphatic carbocycles. The van der Waals surface area contributed by atoms with Gasteiger partial charge in [0, 0.05) is 19.3 Å². The Morgan fingerprint density at radius 1 is 0.882 bits per heavy atom. The second-order valence-electron chi connectivity index (χ2n) is 3.17. The molecule has 0 aromatic rings. The number of rotatable bonds is 8. The topological polar surface area (TPSA) is 80.3 Å². The SMILES string of the molecule is O=C(Cl)CCC(=O)N[C@@H](CCC(=O)Cl)C(=O)Cl. The van der Waals surface area contributed by atoms with Crippen LogP contribution in [0.3, 0.4) is 0 Å². The first-order valence-corrected chi connectivity index (χ1v) is 5.81. The van der Waals surface area contributed by atoms with Gasteiger partial charge in [-0.05, 0) is 41.2 Å². The second kappa shape index (κ2) is 8.44. The fourth-order valence-corrected chi connectivity index (χ4v) is 1.35. The van der Waals surface area contributed by atoms with Crippen LogP contribution >= 0.6 is 34.8 Å². The molecular formula is C9H10Cl3NO4. The van der Waals surface area contributed by atoms with E-state index < -0.39 is 27.7 Å². The normalized spacial score (nSPS) is 11.7. The van der Waals surface area contributed by atoms with Crippen molar-refractivity contribution < 1.29 is 19.2 Å². The van der Waals surface area contributed by atoms with Gasteiger partial charge >= 0.3 is 0 Å². The zero-order valence-corrected chi connectivity index (χ0v) is 10.9. The molecule has 0 radical (unpaired) electrons. The standard InChI is InChI=1S/C9H10Cl3NO4/c10-6(14)2-1-5(9(12)17)13-8(16)4-3-7(11)15/h5H,1-4H2,(H,13,16)/t5-/m0/s1. The summed E-state index contributed by atoms with van der Waals surface area (Å²) >= 11 is 15.4. The molecule has 0 aromatic carbocycles. The molecule has 0 aliphatic rings. The average molecular weight is 303 g/mol. The third-order valence-corrected chi connectivity index (χ3v) is 2.43. The van der Waals surface area contributed by atoms with Crippen molar-refractivity contribution in [2.45, 2.75) is 31.7 Å². The Morgan fingerprint density at radius 3 is 1.82 bits per heavy atom. The molecule has 96 valence electrons. The lowest BCUT2D eigenvalue weighted by Gasteiger charge is -2.13. The number of hydrogen-bond donors (Lipinski definition) is 1. The molecule has 1 N–H and O–H groups in total. The fraction of sp³-hybridized carbons (Fsp3) is 0.556. The fourth-order valence-electron chi connectivity index (χ4n) is 0.979.